The van der Waals surface area contributed by atoms with Crippen LogP contribution in [0, 0.1) is 17.1 Å². The first kappa shape index (κ1) is 31.1. The van der Waals surface area contributed by atoms with Crippen molar-refractivity contribution in [3.05, 3.63) is 65.1 Å². The van der Waals surface area contributed by atoms with Gasteiger partial charge in [0.25, 0.3) is 0 Å². The van der Waals surface area contributed by atoms with Crippen molar-refractivity contribution in [1.29, 1.82) is 5.26 Å². The topological polar surface area (TPSA) is 101 Å². The van der Waals surface area contributed by atoms with E-state index < -0.39 is 57.9 Å². The Kier molecular flexibility index (Phi) is 9.70. The van der Waals surface area contributed by atoms with Crippen LogP contribution in [-0.2, 0) is 17.1 Å². The van der Waals surface area contributed by atoms with Crippen molar-refractivity contribution in [2.75, 3.05) is 25.1 Å². The summed E-state index contributed by atoms with van der Waals surface area (Å²) in [7, 11) is 1.11. The molecule has 2 aromatic rings. The van der Waals surface area contributed by atoms with Crippen molar-refractivity contribution in [2.24, 2.45) is 10.7 Å². The number of aliphatic imine (C=N–C) groups is 1. The van der Waals surface area contributed by atoms with E-state index in [0.717, 1.165) is 42.4 Å². The Hall–Kier alpha value is -4.12. The molecule has 2 aromatic carbocycles. The molecule has 1 amide bonds. The molecular weight excluding hydrogens is 537 g/mol. The molecule has 0 radical (unpaired) electrons. The molecule has 2 rings (SSSR count). The number of ether oxygens (including phenoxy) is 2. The van der Waals surface area contributed by atoms with E-state index in [1.54, 1.807) is 0 Å². The summed E-state index contributed by atoms with van der Waals surface area (Å²) < 4.78 is 106. The second-order valence-corrected chi connectivity index (χ2v) is 8.43. The van der Waals surface area contributed by atoms with E-state index in [-0.39, 0.29) is 24.9 Å². The van der Waals surface area contributed by atoms with Gasteiger partial charge >= 0.3 is 18.4 Å². The quantitative estimate of drug-likeness (QED) is 0.236. The second-order valence-electron chi connectivity index (χ2n) is 8.43. The molecule has 0 aliphatic rings. The van der Waals surface area contributed by atoms with Gasteiger partial charge in [0.1, 0.15) is 11.4 Å². The van der Waals surface area contributed by atoms with Gasteiger partial charge in [0.15, 0.2) is 5.75 Å². The third-order valence-electron chi connectivity index (χ3n) is 5.07. The number of benzene rings is 2. The maximum atomic E-state index is 13.9. The maximum absolute atomic E-state index is 13.9. The lowest BCUT2D eigenvalue weighted by molar-refractivity contribution is -0.143. The number of allylic oxidation sites excluding steroid dienone is 1. The minimum absolute atomic E-state index is 0.0277. The number of carbonyl (C=O) groups excluding carboxylic acids is 1. The molecule has 0 atom stereocenters. The normalized spacial score (nSPS) is 12.9. The highest BCUT2D eigenvalue weighted by molar-refractivity contribution is 6.11. The summed E-state index contributed by atoms with van der Waals surface area (Å²) in [5.74, 6) is -1.90. The zero-order chi connectivity index (χ0) is 29.6. The minimum atomic E-state index is -5.38. The van der Waals surface area contributed by atoms with Crippen LogP contribution in [0.4, 0.5) is 41.2 Å². The van der Waals surface area contributed by atoms with Gasteiger partial charge in [-0.15, -0.1) is 0 Å². The van der Waals surface area contributed by atoms with Crippen LogP contribution in [0.25, 0.3) is 5.57 Å². The third kappa shape index (κ3) is 8.44. The van der Waals surface area contributed by atoms with Crippen LogP contribution < -0.4 is 15.4 Å². The van der Waals surface area contributed by atoms with E-state index in [0.29, 0.717) is 12.3 Å². The van der Waals surface area contributed by atoms with Crippen LogP contribution in [0.3, 0.4) is 0 Å². The summed E-state index contributed by atoms with van der Waals surface area (Å²) in [5, 5.41) is 8.95. The fourth-order valence-electron chi connectivity index (χ4n) is 3.00. The number of hydrogen-bond acceptors (Lipinski definition) is 6. The molecule has 39 heavy (non-hydrogen) atoms. The number of halogens is 7. The van der Waals surface area contributed by atoms with Gasteiger partial charge in [0, 0.05) is 36.3 Å². The van der Waals surface area contributed by atoms with Crippen LogP contribution in [0.2, 0.25) is 0 Å². The highest BCUT2D eigenvalue weighted by Gasteiger charge is 2.41. The Labute approximate surface area is 218 Å². The zero-order valence-corrected chi connectivity index (χ0v) is 20.8. The number of amides is 1. The Morgan fingerprint density at radius 3 is 2.23 bits per heavy atom. The summed E-state index contributed by atoms with van der Waals surface area (Å²) in [6, 6.07) is 6.28. The number of nitrogens with two attached hydrogens (primary N) is 1. The van der Waals surface area contributed by atoms with Crippen molar-refractivity contribution < 1.29 is 45.0 Å². The Balaban J connectivity index is 2.57. The molecule has 0 aliphatic heterocycles. The highest BCUT2D eigenvalue weighted by atomic mass is 19.4. The first-order chi connectivity index (χ1) is 18.0. The lowest BCUT2D eigenvalue weighted by Crippen LogP contribution is -2.30. The van der Waals surface area contributed by atoms with Crippen molar-refractivity contribution >= 4 is 23.6 Å². The first-order valence-corrected chi connectivity index (χ1v) is 11.0. The largest absolute Gasteiger partial charge is 0.420 e. The van der Waals surface area contributed by atoms with Gasteiger partial charge in [0.05, 0.1) is 30.3 Å². The Morgan fingerprint density at radius 1 is 1.10 bits per heavy atom. The summed E-state index contributed by atoms with van der Waals surface area (Å²) in [6.45, 7) is 2.73. The lowest BCUT2D eigenvalue weighted by Gasteiger charge is -2.22. The van der Waals surface area contributed by atoms with Gasteiger partial charge < -0.3 is 15.2 Å². The van der Waals surface area contributed by atoms with E-state index in [9.17, 15) is 35.5 Å². The van der Waals surface area contributed by atoms with Gasteiger partial charge in [-0.1, -0.05) is 0 Å². The molecule has 7 nitrogen and oxygen atoms in total. The number of nitrogens with zero attached hydrogens (tertiary/aromatic N) is 3. The Bertz CT molecular complexity index is 1280. The van der Waals surface area contributed by atoms with Crippen LogP contribution in [0.1, 0.15) is 30.5 Å². The van der Waals surface area contributed by atoms with Crippen LogP contribution in [-0.4, -0.2) is 38.1 Å². The standard InChI is InChI=1S/C25H23F7N4O3/c1-23(2,14-34)38-9-8-35-13-15(12-33)19-10-16(24(27,28)29)11-20(25(30,31)32)21(19)39-22(37)36(3)18-6-4-17(26)5-7-18/h4-7,10-13H,8-9,33H2,1-3H3. The molecule has 0 bridgehead atoms. The van der Waals surface area contributed by atoms with E-state index >= 15 is 0 Å². The fourth-order valence-corrected chi connectivity index (χ4v) is 3.00. The molecule has 0 unspecified atom stereocenters. The Morgan fingerprint density at radius 2 is 1.72 bits per heavy atom. The third-order valence-corrected chi connectivity index (χ3v) is 5.07. The summed E-state index contributed by atoms with van der Waals surface area (Å²) in [5.41, 5.74) is -0.421. The molecule has 0 saturated carbocycles. The molecule has 0 fully saturated rings. The van der Waals surface area contributed by atoms with E-state index in [4.69, 9.17) is 20.5 Å². The van der Waals surface area contributed by atoms with Gasteiger partial charge in [-0.3, -0.25) is 9.89 Å². The number of carbonyl (C=O) groups is 1. The molecule has 0 spiro atoms. The van der Waals surface area contributed by atoms with Crippen LogP contribution >= 0.6 is 0 Å². The number of hydrogen-bond donors (Lipinski definition) is 1. The fraction of sp³-hybridized carbons (Fsp3) is 0.320. The lowest BCUT2D eigenvalue weighted by atomic mass is 9.98. The number of nitriles is 1. The average molecular weight is 560 g/mol. The summed E-state index contributed by atoms with van der Waals surface area (Å²) in [6.07, 6.45) is -10.4. The van der Waals surface area contributed by atoms with Crippen molar-refractivity contribution in [2.45, 2.75) is 31.8 Å². The molecule has 14 heteroatoms. The first-order valence-electron chi connectivity index (χ1n) is 11.0. The maximum Gasteiger partial charge on any atom is 0.420 e. The average Bonchev–Trinajstić information content (AvgIpc) is 2.85. The molecule has 0 aliphatic carbocycles. The highest BCUT2D eigenvalue weighted by Crippen LogP contribution is 2.44. The molecule has 0 heterocycles. The number of rotatable bonds is 8. The van der Waals surface area contributed by atoms with E-state index in [1.807, 2.05) is 6.07 Å². The monoisotopic (exact) mass is 560 g/mol. The van der Waals surface area contributed by atoms with Gasteiger partial charge in [-0.2, -0.15) is 31.6 Å². The molecule has 0 aromatic heterocycles. The van der Waals surface area contributed by atoms with Crippen molar-refractivity contribution in [1.82, 2.24) is 0 Å². The van der Waals surface area contributed by atoms with E-state index in [2.05, 4.69) is 4.99 Å². The minimum Gasteiger partial charge on any atom is -0.409 e. The molecule has 0 saturated heterocycles. The molecule has 210 valence electrons. The van der Waals surface area contributed by atoms with Crippen molar-refractivity contribution in [3.8, 4) is 11.8 Å². The van der Waals surface area contributed by atoms with E-state index in [1.165, 1.54) is 13.8 Å². The summed E-state index contributed by atoms with van der Waals surface area (Å²) >= 11 is 0. The predicted molar refractivity (Wildman–Crippen MR) is 128 cm³/mol. The number of alkyl halides is 6. The van der Waals surface area contributed by atoms with Gasteiger partial charge in [-0.05, 0) is 50.2 Å². The predicted octanol–water partition coefficient (Wildman–Crippen LogP) is 6.19. The van der Waals surface area contributed by atoms with Crippen molar-refractivity contribution in [3.63, 3.8) is 0 Å². The van der Waals surface area contributed by atoms with Gasteiger partial charge in [-0.25, -0.2) is 9.18 Å². The van der Waals surface area contributed by atoms with Gasteiger partial charge in [0.2, 0.25) is 0 Å². The van der Waals surface area contributed by atoms with Crippen LogP contribution in [0.5, 0.6) is 5.75 Å². The smallest absolute Gasteiger partial charge is 0.409 e. The number of anilines is 1. The molecular formula is C25H23F7N4O3. The second kappa shape index (κ2) is 12.2. The van der Waals surface area contributed by atoms with Crippen LogP contribution in [0.15, 0.2) is 47.6 Å². The SMILES string of the molecule is CN(C(=O)Oc1c(C(C=NCCOC(C)(C)C#N)=CN)cc(C(F)(F)F)cc1C(F)(F)F)c1ccc(F)cc1. The summed E-state index contributed by atoms with van der Waals surface area (Å²) in [4.78, 5) is 17.4. The zero-order valence-electron chi connectivity index (χ0n) is 20.8. The molecule has 2 N–H and O–H groups in total.